The zero-order chi connectivity index (χ0) is 24.1. The summed E-state index contributed by atoms with van der Waals surface area (Å²) < 4.78 is 5.25. The molecule has 8 heteroatoms. The van der Waals surface area contributed by atoms with E-state index in [0.717, 1.165) is 31.2 Å². The Kier molecular flexibility index (Phi) is 7.47. The third kappa shape index (κ3) is 5.39. The maximum absolute atomic E-state index is 13.5. The van der Waals surface area contributed by atoms with Gasteiger partial charge in [0.25, 0.3) is 11.8 Å². The number of carbonyl (C=O) groups excluding carboxylic acids is 3. The molecule has 0 radical (unpaired) electrons. The molecule has 0 bridgehead atoms. The van der Waals surface area contributed by atoms with Crippen molar-refractivity contribution in [3.63, 3.8) is 0 Å². The normalized spacial score (nSPS) is 22.4. The van der Waals surface area contributed by atoms with E-state index in [4.69, 9.17) is 10.5 Å². The van der Waals surface area contributed by atoms with Crippen LogP contribution in [0.25, 0.3) is 0 Å². The van der Waals surface area contributed by atoms with Crippen molar-refractivity contribution in [3.8, 4) is 5.75 Å². The second-order valence-corrected chi connectivity index (χ2v) is 8.97. The molecule has 0 aromatic heterocycles. The fraction of sp³-hybridized carbons (Fsp3) is 0.423. The molecule has 180 valence electrons. The van der Waals surface area contributed by atoms with Crippen LogP contribution in [0.3, 0.4) is 0 Å². The lowest BCUT2D eigenvalue weighted by atomic mass is 9.92. The highest BCUT2D eigenvalue weighted by Crippen LogP contribution is 2.23. The summed E-state index contributed by atoms with van der Waals surface area (Å²) >= 11 is 0. The van der Waals surface area contributed by atoms with Crippen molar-refractivity contribution in [1.82, 2.24) is 15.1 Å². The molecule has 4 rings (SSSR count). The standard InChI is InChI=1S/C26H32N4O4/c1-34-22-9-5-8-19(17-22)26(33)30-15-14-29(23(31)16-18-6-3-2-4-7-18)25(30)24(32)28-21-12-10-20(27)11-13-21/h2-9,17,20-21,25H,10-16,27H2,1H3,(H,28,32). The van der Waals surface area contributed by atoms with E-state index in [1.807, 2.05) is 30.3 Å². The summed E-state index contributed by atoms with van der Waals surface area (Å²) in [5, 5.41) is 3.08. The van der Waals surface area contributed by atoms with E-state index >= 15 is 0 Å². The maximum atomic E-state index is 13.5. The fourth-order valence-corrected chi connectivity index (χ4v) is 4.72. The molecule has 3 N–H and O–H groups in total. The predicted octanol–water partition coefficient (Wildman–Crippen LogP) is 1.93. The van der Waals surface area contributed by atoms with Crippen molar-refractivity contribution >= 4 is 17.7 Å². The van der Waals surface area contributed by atoms with Crippen LogP contribution in [0.1, 0.15) is 41.6 Å². The van der Waals surface area contributed by atoms with E-state index < -0.39 is 6.17 Å². The third-order valence-electron chi connectivity index (χ3n) is 6.62. The number of nitrogens with zero attached hydrogens (tertiary/aromatic N) is 2. The minimum atomic E-state index is -0.995. The quantitative estimate of drug-likeness (QED) is 0.680. The first-order valence-electron chi connectivity index (χ1n) is 11.8. The summed E-state index contributed by atoms with van der Waals surface area (Å²) in [6, 6.07) is 16.4. The molecule has 1 heterocycles. The van der Waals surface area contributed by atoms with Crippen molar-refractivity contribution < 1.29 is 19.1 Å². The highest BCUT2D eigenvalue weighted by Gasteiger charge is 2.43. The van der Waals surface area contributed by atoms with E-state index in [2.05, 4.69) is 5.32 Å². The molecule has 34 heavy (non-hydrogen) atoms. The van der Waals surface area contributed by atoms with Gasteiger partial charge < -0.3 is 25.6 Å². The molecule has 1 saturated carbocycles. The molecular weight excluding hydrogens is 432 g/mol. The van der Waals surface area contributed by atoms with Gasteiger partial charge in [0.2, 0.25) is 5.91 Å². The molecule has 1 saturated heterocycles. The van der Waals surface area contributed by atoms with E-state index in [9.17, 15) is 14.4 Å². The molecule has 8 nitrogen and oxygen atoms in total. The largest absolute Gasteiger partial charge is 0.497 e. The SMILES string of the molecule is COc1cccc(C(=O)N2CCN(C(=O)Cc3ccccc3)C2C(=O)NC2CCC(N)CC2)c1. The Morgan fingerprint density at radius 3 is 2.38 bits per heavy atom. The number of carbonyl (C=O) groups is 3. The number of amides is 3. The topological polar surface area (TPSA) is 105 Å². The first kappa shape index (κ1) is 23.8. The van der Waals surface area contributed by atoms with Gasteiger partial charge in [-0.05, 0) is 49.4 Å². The second-order valence-electron chi connectivity index (χ2n) is 8.97. The Bertz CT molecular complexity index is 1020. The van der Waals surface area contributed by atoms with Crippen LogP contribution in [-0.2, 0) is 16.0 Å². The van der Waals surface area contributed by atoms with Gasteiger partial charge in [-0.25, -0.2) is 0 Å². The van der Waals surface area contributed by atoms with Crippen molar-refractivity contribution in [3.05, 3.63) is 65.7 Å². The number of benzene rings is 2. The molecule has 2 aliphatic rings. The van der Waals surface area contributed by atoms with Crippen molar-refractivity contribution in [1.29, 1.82) is 0 Å². The molecule has 2 aromatic rings. The van der Waals surface area contributed by atoms with E-state index in [1.54, 1.807) is 24.3 Å². The lowest BCUT2D eigenvalue weighted by molar-refractivity contribution is -0.141. The number of nitrogens with two attached hydrogens (primary N) is 1. The fourth-order valence-electron chi connectivity index (χ4n) is 4.72. The Labute approximate surface area is 200 Å². The van der Waals surface area contributed by atoms with Gasteiger partial charge in [0.1, 0.15) is 5.75 Å². The van der Waals surface area contributed by atoms with Crippen LogP contribution in [0.5, 0.6) is 5.75 Å². The van der Waals surface area contributed by atoms with Crippen LogP contribution < -0.4 is 15.8 Å². The van der Waals surface area contributed by atoms with Gasteiger partial charge in [-0.3, -0.25) is 14.4 Å². The highest BCUT2D eigenvalue weighted by molar-refractivity contribution is 5.99. The number of hydrogen-bond donors (Lipinski definition) is 2. The molecule has 3 amide bonds. The number of rotatable bonds is 6. The maximum Gasteiger partial charge on any atom is 0.264 e. The first-order valence-corrected chi connectivity index (χ1v) is 11.8. The summed E-state index contributed by atoms with van der Waals surface area (Å²) in [6.45, 7) is 0.583. The van der Waals surface area contributed by atoms with Gasteiger partial charge >= 0.3 is 0 Å². The highest BCUT2D eigenvalue weighted by atomic mass is 16.5. The van der Waals surface area contributed by atoms with Gasteiger partial charge in [-0.2, -0.15) is 0 Å². The lowest BCUT2D eigenvalue weighted by Crippen LogP contribution is -2.56. The van der Waals surface area contributed by atoms with Crippen LogP contribution in [-0.4, -0.2) is 66.0 Å². The van der Waals surface area contributed by atoms with Crippen molar-refractivity contribution in [2.45, 2.75) is 50.4 Å². The Morgan fingerprint density at radius 1 is 0.971 bits per heavy atom. The van der Waals surface area contributed by atoms with E-state index in [-0.39, 0.29) is 42.8 Å². The Morgan fingerprint density at radius 2 is 1.68 bits per heavy atom. The summed E-state index contributed by atoms with van der Waals surface area (Å²) in [7, 11) is 1.54. The Hall–Kier alpha value is -3.39. The monoisotopic (exact) mass is 464 g/mol. The van der Waals surface area contributed by atoms with Crippen LogP contribution in [0.4, 0.5) is 0 Å². The van der Waals surface area contributed by atoms with Crippen LogP contribution in [0.15, 0.2) is 54.6 Å². The summed E-state index contributed by atoms with van der Waals surface area (Å²) in [5.74, 6) is -0.255. The molecule has 2 aromatic carbocycles. The third-order valence-corrected chi connectivity index (χ3v) is 6.62. The smallest absolute Gasteiger partial charge is 0.264 e. The average Bonchev–Trinajstić information content (AvgIpc) is 3.31. The molecule has 1 unspecified atom stereocenters. The zero-order valence-corrected chi connectivity index (χ0v) is 19.5. The second kappa shape index (κ2) is 10.7. The minimum absolute atomic E-state index is 0.00672. The minimum Gasteiger partial charge on any atom is -0.497 e. The van der Waals surface area contributed by atoms with E-state index in [0.29, 0.717) is 17.9 Å². The average molecular weight is 465 g/mol. The lowest BCUT2D eigenvalue weighted by Gasteiger charge is -2.33. The summed E-state index contributed by atoms with van der Waals surface area (Å²) in [5.41, 5.74) is 7.29. The predicted molar refractivity (Wildman–Crippen MR) is 128 cm³/mol. The van der Waals surface area contributed by atoms with Crippen molar-refractivity contribution in [2.24, 2.45) is 5.73 Å². The first-order chi connectivity index (χ1) is 16.5. The summed E-state index contributed by atoms with van der Waals surface area (Å²) in [6.07, 6.45) is 2.45. The number of methoxy groups -OCH3 is 1. The van der Waals surface area contributed by atoms with Crippen LogP contribution in [0.2, 0.25) is 0 Å². The Balaban J connectivity index is 1.56. The molecule has 1 aliphatic heterocycles. The molecular formula is C26H32N4O4. The van der Waals surface area contributed by atoms with Gasteiger partial charge in [0, 0.05) is 30.7 Å². The number of ether oxygens (including phenoxy) is 1. The van der Waals surface area contributed by atoms with Crippen molar-refractivity contribution in [2.75, 3.05) is 20.2 Å². The van der Waals surface area contributed by atoms with Crippen LogP contribution >= 0.6 is 0 Å². The van der Waals surface area contributed by atoms with Gasteiger partial charge in [-0.1, -0.05) is 36.4 Å². The zero-order valence-electron chi connectivity index (χ0n) is 19.5. The van der Waals surface area contributed by atoms with E-state index in [1.165, 1.54) is 16.9 Å². The summed E-state index contributed by atoms with van der Waals surface area (Å²) in [4.78, 5) is 43.2. The van der Waals surface area contributed by atoms with Crippen LogP contribution in [0, 0.1) is 0 Å². The molecule has 0 spiro atoms. The van der Waals surface area contributed by atoms with Gasteiger partial charge in [0.15, 0.2) is 6.17 Å². The van der Waals surface area contributed by atoms with Gasteiger partial charge in [-0.15, -0.1) is 0 Å². The number of hydrogen-bond acceptors (Lipinski definition) is 5. The molecule has 1 atom stereocenters. The molecule has 2 fully saturated rings. The number of nitrogens with one attached hydrogen (secondary N) is 1. The van der Waals surface area contributed by atoms with Gasteiger partial charge in [0.05, 0.1) is 13.5 Å². The molecule has 1 aliphatic carbocycles.